The van der Waals surface area contributed by atoms with Crippen molar-refractivity contribution >= 4 is 5.96 Å². The van der Waals surface area contributed by atoms with Crippen LogP contribution in [0.1, 0.15) is 30.4 Å². The molecular formula is C18H29N3O2. The van der Waals surface area contributed by atoms with Crippen LogP contribution in [-0.4, -0.2) is 45.5 Å². The second kappa shape index (κ2) is 10.2. The van der Waals surface area contributed by atoms with E-state index in [4.69, 9.17) is 9.47 Å². The van der Waals surface area contributed by atoms with E-state index < -0.39 is 0 Å². The van der Waals surface area contributed by atoms with E-state index in [0.717, 1.165) is 58.1 Å². The van der Waals surface area contributed by atoms with E-state index in [2.05, 4.69) is 46.8 Å². The summed E-state index contributed by atoms with van der Waals surface area (Å²) in [6.07, 6.45) is 3.39. The first kappa shape index (κ1) is 17.8. The topological polar surface area (TPSA) is 54.9 Å². The third-order valence-electron chi connectivity index (χ3n) is 4.07. The summed E-state index contributed by atoms with van der Waals surface area (Å²) in [7, 11) is 1.80. The summed E-state index contributed by atoms with van der Waals surface area (Å²) >= 11 is 0. The predicted octanol–water partition coefficient (Wildman–Crippen LogP) is 2.25. The fraction of sp³-hybridized carbons (Fsp3) is 0.611. The summed E-state index contributed by atoms with van der Waals surface area (Å²) < 4.78 is 11.2. The van der Waals surface area contributed by atoms with Crippen molar-refractivity contribution in [1.82, 2.24) is 10.6 Å². The summed E-state index contributed by atoms with van der Waals surface area (Å²) in [5.41, 5.74) is 2.58. The Morgan fingerprint density at radius 1 is 1.26 bits per heavy atom. The Morgan fingerprint density at radius 2 is 2.04 bits per heavy atom. The van der Waals surface area contributed by atoms with Crippen LogP contribution < -0.4 is 10.6 Å². The molecule has 1 heterocycles. The SMILES string of the molecule is CN=C(NCCCOC1CCOCC1)NCc1ccccc1C. The lowest BCUT2D eigenvalue weighted by atomic mass is 10.1. The van der Waals surface area contributed by atoms with Crippen LogP contribution >= 0.6 is 0 Å². The van der Waals surface area contributed by atoms with Crippen molar-refractivity contribution in [2.24, 2.45) is 4.99 Å². The molecule has 128 valence electrons. The highest BCUT2D eigenvalue weighted by Gasteiger charge is 2.13. The Labute approximate surface area is 139 Å². The van der Waals surface area contributed by atoms with Crippen molar-refractivity contribution in [1.29, 1.82) is 0 Å². The molecule has 1 aliphatic rings. The van der Waals surface area contributed by atoms with Crippen molar-refractivity contribution in [2.75, 3.05) is 33.4 Å². The molecular weight excluding hydrogens is 290 g/mol. The molecule has 1 fully saturated rings. The van der Waals surface area contributed by atoms with Gasteiger partial charge in [0.05, 0.1) is 6.10 Å². The molecule has 1 aromatic carbocycles. The summed E-state index contributed by atoms with van der Waals surface area (Å²) in [6.45, 7) is 6.21. The second-order valence-electron chi connectivity index (χ2n) is 5.82. The van der Waals surface area contributed by atoms with Gasteiger partial charge >= 0.3 is 0 Å². The number of ether oxygens (including phenoxy) is 2. The number of aliphatic imine (C=N–C) groups is 1. The van der Waals surface area contributed by atoms with Crippen molar-refractivity contribution in [3.05, 3.63) is 35.4 Å². The molecule has 1 aliphatic heterocycles. The molecule has 0 bridgehead atoms. The minimum atomic E-state index is 0.377. The third kappa shape index (κ3) is 6.59. The highest BCUT2D eigenvalue weighted by atomic mass is 16.5. The summed E-state index contributed by atoms with van der Waals surface area (Å²) in [5, 5.41) is 6.68. The molecule has 0 aliphatic carbocycles. The third-order valence-corrected chi connectivity index (χ3v) is 4.07. The smallest absolute Gasteiger partial charge is 0.191 e. The summed E-state index contributed by atoms with van der Waals surface area (Å²) in [4.78, 5) is 4.26. The molecule has 23 heavy (non-hydrogen) atoms. The maximum atomic E-state index is 5.86. The van der Waals surface area contributed by atoms with Crippen LogP contribution in [0.25, 0.3) is 0 Å². The first-order valence-corrected chi connectivity index (χ1v) is 8.48. The van der Waals surface area contributed by atoms with Gasteiger partial charge in [-0.05, 0) is 37.3 Å². The number of guanidine groups is 1. The van der Waals surface area contributed by atoms with Gasteiger partial charge < -0.3 is 20.1 Å². The number of nitrogens with one attached hydrogen (secondary N) is 2. The van der Waals surface area contributed by atoms with Crippen molar-refractivity contribution < 1.29 is 9.47 Å². The van der Waals surface area contributed by atoms with Gasteiger partial charge in [0.15, 0.2) is 5.96 Å². The maximum absolute atomic E-state index is 5.86. The van der Waals surface area contributed by atoms with Gasteiger partial charge in [-0.25, -0.2) is 0 Å². The number of hydrogen-bond acceptors (Lipinski definition) is 3. The first-order valence-electron chi connectivity index (χ1n) is 8.48. The van der Waals surface area contributed by atoms with Gasteiger partial charge in [-0.15, -0.1) is 0 Å². The Kier molecular flexibility index (Phi) is 7.90. The van der Waals surface area contributed by atoms with Gasteiger partial charge in [0.25, 0.3) is 0 Å². The molecule has 0 radical (unpaired) electrons. The zero-order valence-corrected chi connectivity index (χ0v) is 14.3. The average molecular weight is 319 g/mol. The zero-order valence-electron chi connectivity index (χ0n) is 14.3. The van der Waals surface area contributed by atoms with Gasteiger partial charge in [0.2, 0.25) is 0 Å². The molecule has 5 nitrogen and oxygen atoms in total. The van der Waals surface area contributed by atoms with E-state index in [9.17, 15) is 0 Å². The Morgan fingerprint density at radius 3 is 2.78 bits per heavy atom. The largest absolute Gasteiger partial charge is 0.381 e. The number of benzene rings is 1. The predicted molar refractivity (Wildman–Crippen MR) is 93.8 cm³/mol. The van der Waals surface area contributed by atoms with Crippen LogP contribution in [-0.2, 0) is 16.0 Å². The van der Waals surface area contributed by atoms with Crippen LogP contribution in [0.5, 0.6) is 0 Å². The quantitative estimate of drug-likeness (QED) is 0.460. The molecule has 2 rings (SSSR count). The van der Waals surface area contributed by atoms with Crippen molar-refractivity contribution in [3.8, 4) is 0 Å². The van der Waals surface area contributed by atoms with Crippen LogP contribution in [0, 0.1) is 6.92 Å². The molecule has 0 atom stereocenters. The van der Waals surface area contributed by atoms with Crippen molar-refractivity contribution in [3.63, 3.8) is 0 Å². The molecule has 0 aromatic heterocycles. The molecule has 1 saturated heterocycles. The van der Waals surface area contributed by atoms with Gasteiger partial charge in [0.1, 0.15) is 0 Å². The molecule has 5 heteroatoms. The van der Waals surface area contributed by atoms with Gasteiger partial charge in [-0.3, -0.25) is 4.99 Å². The molecule has 0 spiro atoms. The van der Waals surface area contributed by atoms with E-state index in [1.165, 1.54) is 11.1 Å². The van der Waals surface area contributed by atoms with E-state index in [1.54, 1.807) is 7.05 Å². The fourth-order valence-electron chi connectivity index (χ4n) is 2.58. The first-order chi connectivity index (χ1) is 11.3. The lowest BCUT2D eigenvalue weighted by Crippen LogP contribution is -2.37. The maximum Gasteiger partial charge on any atom is 0.191 e. The van der Waals surface area contributed by atoms with Crippen molar-refractivity contribution in [2.45, 2.75) is 38.8 Å². The monoisotopic (exact) mass is 319 g/mol. The number of rotatable bonds is 7. The Bertz CT molecular complexity index is 485. The normalized spacial score (nSPS) is 16.3. The van der Waals surface area contributed by atoms with Gasteiger partial charge in [0, 0.05) is 40.0 Å². The number of aryl methyl sites for hydroxylation is 1. The molecule has 1 aromatic rings. The fourth-order valence-corrected chi connectivity index (χ4v) is 2.58. The van der Waals surface area contributed by atoms with Crippen LogP contribution in [0.15, 0.2) is 29.3 Å². The lowest BCUT2D eigenvalue weighted by Gasteiger charge is -2.22. The highest BCUT2D eigenvalue weighted by molar-refractivity contribution is 5.79. The standard InChI is InChI=1S/C18H29N3O2/c1-15-6-3-4-7-16(15)14-21-18(19-2)20-10-5-11-23-17-8-12-22-13-9-17/h3-4,6-7,17H,5,8-14H2,1-2H3,(H2,19,20,21). The minimum absolute atomic E-state index is 0.377. The number of nitrogens with zero attached hydrogens (tertiary/aromatic N) is 1. The molecule has 0 unspecified atom stereocenters. The molecule has 2 N–H and O–H groups in total. The molecule has 0 amide bonds. The second-order valence-corrected chi connectivity index (χ2v) is 5.82. The van der Waals surface area contributed by atoms with E-state index in [0.29, 0.717) is 6.10 Å². The van der Waals surface area contributed by atoms with E-state index in [-0.39, 0.29) is 0 Å². The highest BCUT2D eigenvalue weighted by Crippen LogP contribution is 2.10. The molecule has 0 saturated carbocycles. The van der Waals surface area contributed by atoms with Crippen LogP contribution in [0.2, 0.25) is 0 Å². The summed E-state index contributed by atoms with van der Waals surface area (Å²) in [6, 6.07) is 8.39. The number of hydrogen-bond donors (Lipinski definition) is 2. The Hall–Kier alpha value is -1.59. The van der Waals surface area contributed by atoms with Gasteiger partial charge in [-0.1, -0.05) is 24.3 Å². The van der Waals surface area contributed by atoms with E-state index in [1.807, 2.05) is 0 Å². The average Bonchev–Trinajstić information content (AvgIpc) is 2.59. The Balaban J connectivity index is 1.58. The van der Waals surface area contributed by atoms with Gasteiger partial charge in [-0.2, -0.15) is 0 Å². The van der Waals surface area contributed by atoms with Crippen LogP contribution in [0.4, 0.5) is 0 Å². The summed E-state index contributed by atoms with van der Waals surface area (Å²) in [5.74, 6) is 0.833. The minimum Gasteiger partial charge on any atom is -0.381 e. The van der Waals surface area contributed by atoms with E-state index >= 15 is 0 Å². The zero-order chi connectivity index (χ0) is 16.3. The lowest BCUT2D eigenvalue weighted by molar-refractivity contribution is -0.0320. The van der Waals surface area contributed by atoms with Crippen LogP contribution in [0.3, 0.4) is 0 Å².